The summed E-state index contributed by atoms with van der Waals surface area (Å²) in [6.45, 7) is 2.32. The van der Waals surface area contributed by atoms with Crippen molar-refractivity contribution in [1.29, 1.82) is 0 Å². The van der Waals surface area contributed by atoms with Gasteiger partial charge in [0.15, 0.2) is 0 Å². The fourth-order valence-electron chi connectivity index (χ4n) is 1.29. The van der Waals surface area contributed by atoms with Crippen molar-refractivity contribution in [2.24, 2.45) is 5.73 Å². The predicted octanol–water partition coefficient (Wildman–Crippen LogP) is 1.64. The average Bonchev–Trinajstić information content (AvgIpc) is 2.24. The van der Waals surface area contributed by atoms with Gasteiger partial charge in [-0.15, -0.1) is 0 Å². The number of benzene rings is 1. The first-order valence-electron chi connectivity index (χ1n) is 5.08. The van der Waals surface area contributed by atoms with Crippen LogP contribution in [0.4, 0.5) is 10.1 Å². The second-order valence-corrected chi connectivity index (χ2v) is 5.96. The van der Waals surface area contributed by atoms with Gasteiger partial charge in [0.25, 0.3) is 0 Å². The van der Waals surface area contributed by atoms with E-state index >= 15 is 0 Å². The van der Waals surface area contributed by atoms with Crippen LogP contribution in [0.1, 0.15) is 12.5 Å². The van der Waals surface area contributed by atoms with Crippen LogP contribution in [0, 0.1) is 5.82 Å². The third-order valence-corrected chi connectivity index (χ3v) is 3.91. The van der Waals surface area contributed by atoms with E-state index in [1.807, 2.05) is 6.92 Å². The van der Waals surface area contributed by atoms with Gasteiger partial charge >= 0.3 is 0 Å². The van der Waals surface area contributed by atoms with E-state index < -0.39 is 16.6 Å². The monoisotopic (exact) mass is 274 g/mol. The summed E-state index contributed by atoms with van der Waals surface area (Å²) in [5.74, 6) is -0.451. The molecule has 3 N–H and O–H groups in total. The van der Waals surface area contributed by atoms with Crippen LogP contribution in [0.25, 0.3) is 0 Å². The van der Waals surface area contributed by atoms with Gasteiger partial charge in [0, 0.05) is 34.5 Å². The third kappa shape index (κ3) is 3.74. The molecule has 0 saturated carbocycles. The van der Waals surface area contributed by atoms with E-state index in [0.29, 0.717) is 12.2 Å². The Morgan fingerprint density at radius 1 is 1.65 bits per heavy atom. The highest BCUT2D eigenvalue weighted by Gasteiger charge is 2.12. The molecule has 0 radical (unpaired) electrons. The van der Waals surface area contributed by atoms with E-state index in [-0.39, 0.29) is 15.8 Å². The van der Waals surface area contributed by atoms with Crippen LogP contribution in [0.3, 0.4) is 0 Å². The Hall–Kier alpha value is -1.01. The van der Waals surface area contributed by atoms with Crippen molar-refractivity contribution in [2.75, 3.05) is 18.1 Å². The molecular weight excluding hydrogens is 259 g/mol. The molecule has 1 rings (SSSR count). The first-order chi connectivity index (χ1) is 7.93. The second-order valence-electron chi connectivity index (χ2n) is 3.72. The van der Waals surface area contributed by atoms with Crippen LogP contribution in [-0.2, 0) is 10.8 Å². The van der Waals surface area contributed by atoms with Crippen LogP contribution >= 0.6 is 12.2 Å². The maximum absolute atomic E-state index is 13.5. The van der Waals surface area contributed by atoms with Crippen LogP contribution in [0.5, 0.6) is 0 Å². The summed E-state index contributed by atoms with van der Waals surface area (Å²) >= 11 is 4.81. The minimum absolute atomic E-state index is 0.0101. The molecule has 17 heavy (non-hydrogen) atoms. The molecule has 0 bridgehead atoms. The summed E-state index contributed by atoms with van der Waals surface area (Å²) in [4.78, 5) is 0.0101. The van der Waals surface area contributed by atoms with Crippen molar-refractivity contribution in [3.63, 3.8) is 0 Å². The molecule has 0 aromatic heterocycles. The largest absolute Gasteiger partial charge is 0.389 e. The summed E-state index contributed by atoms with van der Waals surface area (Å²) in [5.41, 5.74) is 6.22. The molecule has 6 heteroatoms. The molecule has 0 heterocycles. The van der Waals surface area contributed by atoms with E-state index in [1.54, 1.807) is 18.4 Å². The van der Waals surface area contributed by atoms with Crippen LogP contribution in [-0.4, -0.2) is 27.2 Å². The molecule has 0 fully saturated rings. The normalized spacial score (nSPS) is 14.1. The van der Waals surface area contributed by atoms with Crippen molar-refractivity contribution >= 4 is 33.7 Å². The van der Waals surface area contributed by atoms with Gasteiger partial charge in [-0.25, -0.2) is 4.39 Å². The fourth-order valence-corrected chi connectivity index (χ4v) is 1.82. The Morgan fingerprint density at radius 2 is 2.29 bits per heavy atom. The van der Waals surface area contributed by atoms with Crippen molar-refractivity contribution in [2.45, 2.75) is 12.2 Å². The Bertz CT molecular complexity index is 451. The van der Waals surface area contributed by atoms with Crippen LogP contribution < -0.4 is 11.1 Å². The maximum Gasteiger partial charge on any atom is 0.135 e. The van der Waals surface area contributed by atoms with Gasteiger partial charge in [-0.3, -0.25) is 4.21 Å². The summed E-state index contributed by atoms with van der Waals surface area (Å²) in [5, 5.41) is 2.99. The third-order valence-electron chi connectivity index (χ3n) is 2.41. The Kier molecular flexibility index (Phi) is 5.02. The fraction of sp³-hybridized carbons (Fsp3) is 0.364. The number of nitrogens with two attached hydrogens (primary N) is 1. The highest BCUT2D eigenvalue weighted by Crippen LogP contribution is 2.19. The number of anilines is 1. The van der Waals surface area contributed by atoms with Crippen molar-refractivity contribution < 1.29 is 8.60 Å². The van der Waals surface area contributed by atoms with E-state index in [2.05, 4.69) is 5.32 Å². The number of hydrogen-bond acceptors (Lipinski definition) is 3. The molecule has 2 atom stereocenters. The van der Waals surface area contributed by atoms with Gasteiger partial charge in [0.2, 0.25) is 0 Å². The number of hydrogen-bond donors (Lipinski definition) is 2. The predicted molar refractivity (Wildman–Crippen MR) is 74.3 cm³/mol. The van der Waals surface area contributed by atoms with Crippen molar-refractivity contribution in [3.8, 4) is 0 Å². The molecule has 0 aliphatic rings. The molecule has 94 valence electrons. The topological polar surface area (TPSA) is 55.1 Å². The quantitative estimate of drug-likeness (QED) is 0.802. The summed E-state index contributed by atoms with van der Waals surface area (Å²) in [6, 6.07) is 4.58. The van der Waals surface area contributed by atoms with E-state index in [1.165, 1.54) is 6.07 Å². The average molecular weight is 274 g/mol. The van der Waals surface area contributed by atoms with E-state index in [9.17, 15) is 8.60 Å². The highest BCUT2D eigenvalue weighted by atomic mass is 32.2. The lowest BCUT2D eigenvalue weighted by Crippen LogP contribution is -2.23. The lowest BCUT2D eigenvalue weighted by Gasteiger charge is -2.14. The standard InChI is InChI=1S/C11H15FN2OS2/c1-7(17(2)15)6-14-9-5-3-4-8(12)10(9)11(13)16/h3-5,7,14H,6H2,1-2H3,(H2,13,16). The molecular formula is C11H15FN2OS2. The van der Waals surface area contributed by atoms with Gasteiger partial charge in [0.1, 0.15) is 10.8 Å². The lowest BCUT2D eigenvalue weighted by atomic mass is 10.1. The van der Waals surface area contributed by atoms with Crippen molar-refractivity contribution in [1.82, 2.24) is 0 Å². The number of thiocarbonyl (C=S) groups is 1. The van der Waals surface area contributed by atoms with Gasteiger partial charge < -0.3 is 11.1 Å². The zero-order valence-corrected chi connectivity index (χ0v) is 11.3. The summed E-state index contributed by atoms with van der Waals surface area (Å²) in [7, 11) is -0.927. The van der Waals surface area contributed by atoms with Crippen molar-refractivity contribution in [3.05, 3.63) is 29.6 Å². The second kappa shape index (κ2) is 6.07. The zero-order valence-electron chi connectivity index (χ0n) is 9.70. The SMILES string of the molecule is CC(CNc1cccc(F)c1C(N)=S)S(C)=O. The summed E-state index contributed by atoms with van der Waals surface area (Å²) in [6.07, 6.45) is 1.63. The first kappa shape index (κ1) is 14.1. The van der Waals surface area contributed by atoms with Crippen LogP contribution in [0.2, 0.25) is 0 Å². The van der Waals surface area contributed by atoms with Gasteiger partial charge in [-0.2, -0.15) is 0 Å². The Morgan fingerprint density at radius 3 is 2.82 bits per heavy atom. The summed E-state index contributed by atoms with van der Waals surface area (Å²) < 4.78 is 24.7. The number of rotatable bonds is 5. The maximum atomic E-state index is 13.5. The molecule has 3 nitrogen and oxygen atoms in total. The molecule has 0 aliphatic heterocycles. The van der Waals surface area contributed by atoms with Gasteiger partial charge in [-0.1, -0.05) is 18.3 Å². The Labute approximate surface area is 108 Å². The Balaban J connectivity index is 2.88. The lowest BCUT2D eigenvalue weighted by molar-refractivity contribution is 0.626. The minimum Gasteiger partial charge on any atom is -0.389 e. The van der Waals surface area contributed by atoms with E-state index in [0.717, 1.165) is 0 Å². The molecule has 1 aromatic carbocycles. The first-order valence-corrected chi connectivity index (χ1v) is 7.11. The van der Waals surface area contributed by atoms with Gasteiger partial charge in [0.05, 0.1) is 5.56 Å². The molecule has 0 amide bonds. The zero-order chi connectivity index (χ0) is 13.0. The highest BCUT2D eigenvalue weighted by molar-refractivity contribution is 7.84. The smallest absolute Gasteiger partial charge is 0.135 e. The van der Waals surface area contributed by atoms with Crippen LogP contribution in [0.15, 0.2) is 18.2 Å². The minimum atomic E-state index is -0.927. The molecule has 1 aromatic rings. The van der Waals surface area contributed by atoms with Gasteiger partial charge in [-0.05, 0) is 19.1 Å². The molecule has 0 aliphatic carbocycles. The number of nitrogens with one attached hydrogen (secondary N) is 1. The molecule has 0 saturated heterocycles. The molecule has 2 unspecified atom stereocenters. The molecule has 0 spiro atoms. The number of halogens is 1. The van der Waals surface area contributed by atoms with E-state index in [4.69, 9.17) is 18.0 Å².